The van der Waals surface area contributed by atoms with Gasteiger partial charge in [-0.05, 0) is 50.8 Å². The lowest BCUT2D eigenvalue weighted by Crippen LogP contribution is -2.09. The maximum absolute atomic E-state index is 12.2. The van der Waals surface area contributed by atoms with Crippen LogP contribution < -0.4 is 10.3 Å². The van der Waals surface area contributed by atoms with E-state index in [4.69, 9.17) is 4.74 Å². The molecule has 0 saturated carbocycles. The summed E-state index contributed by atoms with van der Waals surface area (Å²) in [6, 6.07) is 8.06. The monoisotopic (exact) mass is 374 g/mol. The number of benzene rings is 1. The highest BCUT2D eigenvalue weighted by atomic mass is 32.2. The van der Waals surface area contributed by atoms with Crippen molar-refractivity contribution in [2.75, 3.05) is 12.4 Å². The number of fused-ring (bicyclic) bond motifs is 1. The van der Waals surface area contributed by atoms with Crippen LogP contribution in [0.4, 0.5) is 0 Å². The number of hydrogen-bond acceptors (Lipinski definition) is 5. The molecule has 132 valence electrons. The maximum Gasteiger partial charge on any atom is 0.260 e. The third-order valence-electron chi connectivity index (χ3n) is 4.15. The van der Waals surface area contributed by atoms with E-state index in [9.17, 15) is 4.79 Å². The summed E-state index contributed by atoms with van der Waals surface area (Å²) in [7, 11) is 0. The molecule has 0 radical (unpaired) electrons. The second-order valence-corrected chi connectivity index (χ2v) is 8.29. The summed E-state index contributed by atoms with van der Waals surface area (Å²) < 4.78 is 5.80. The van der Waals surface area contributed by atoms with Gasteiger partial charge in [-0.3, -0.25) is 4.79 Å². The number of para-hydroxylation sites is 1. The van der Waals surface area contributed by atoms with Gasteiger partial charge in [-0.15, -0.1) is 11.3 Å². The maximum atomic E-state index is 12.2. The molecule has 1 N–H and O–H groups in total. The van der Waals surface area contributed by atoms with Crippen LogP contribution in [0.25, 0.3) is 10.2 Å². The van der Waals surface area contributed by atoms with Crippen molar-refractivity contribution in [3.05, 3.63) is 50.6 Å². The minimum atomic E-state index is -0.0303. The second-order valence-electron chi connectivity index (χ2n) is 6.00. The summed E-state index contributed by atoms with van der Waals surface area (Å²) in [5.41, 5.74) is 2.17. The summed E-state index contributed by atoms with van der Waals surface area (Å²) in [6.07, 6.45) is 1.99. The minimum absolute atomic E-state index is 0.0303. The molecule has 0 aliphatic carbocycles. The Kier molecular flexibility index (Phi) is 5.81. The first kappa shape index (κ1) is 18.0. The number of rotatable bonds is 7. The van der Waals surface area contributed by atoms with Crippen molar-refractivity contribution in [2.45, 2.75) is 38.8 Å². The Hall–Kier alpha value is -1.79. The van der Waals surface area contributed by atoms with Crippen LogP contribution in [-0.2, 0) is 0 Å². The van der Waals surface area contributed by atoms with E-state index in [-0.39, 0.29) is 5.56 Å². The largest absolute Gasteiger partial charge is 0.493 e. The van der Waals surface area contributed by atoms with Crippen molar-refractivity contribution < 1.29 is 4.74 Å². The quantitative estimate of drug-likeness (QED) is 0.364. The van der Waals surface area contributed by atoms with Gasteiger partial charge in [-0.25, -0.2) is 4.98 Å². The van der Waals surface area contributed by atoms with E-state index in [0.717, 1.165) is 50.6 Å². The van der Waals surface area contributed by atoms with Crippen LogP contribution in [-0.4, -0.2) is 22.3 Å². The van der Waals surface area contributed by atoms with Crippen molar-refractivity contribution >= 4 is 33.3 Å². The van der Waals surface area contributed by atoms with Crippen LogP contribution in [0.3, 0.4) is 0 Å². The van der Waals surface area contributed by atoms with E-state index in [1.807, 2.05) is 32.0 Å². The fourth-order valence-corrected chi connectivity index (χ4v) is 4.53. The molecule has 6 heteroatoms. The number of ether oxygens (including phenoxy) is 1. The molecule has 3 rings (SSSR count). The summed E-state index contributed by atoms with van der Waals surface area (Å²) >= 11 is 3.19. The lowest BCUT2D eigenvalue weighted by molar-refractivity contribution is 0.308. The normalized spacial score (nSPS) is 11.2. The fourth-order valence-electron chi connectivity index (χ4n) is 2.58. The Morgan fingerprint density at radius 2 is 2.00 bits per heavy atom. The minimum Gasteiger partial charge on any atom is -0.493 e. The standard InChI is InChI=1S/C19H22N2O2S2/c1-12-8-4-5-9-15(12)23-10-6-7-11-24-19-20-17(22)16-13(2)14(3)25-18(16)21-19/h4-5,8-9H,6-7,10-11H2,1-3H3,(H,20,21,22). The predicted octanol–water partition coefficient (Wildman–Crippen LogP) is 4.86. The van der Waals surface area contributed by atoms with Gasteiger partial charge < -0.3 is 9.72 Å². The van der Waals surface area contributed by atoms with Gasteiger partial charge in [0.05, 0.1) is 12.0 Å². The zero-order chi connectivity index (χ0) is 17.8. The lowest BCUT2D eigenvalue weighted by atomic mass is 10.2. The van der Waals surface area contributed by atoms with Gasteiger partial charge in [0, 0.05) is 10.6 Å². The molecule has 0 bridgehead atoms. The first-order valence-corrected chi connectivity index (χ1v) is 10.2. The third-order valence-corrected chi connectivity index (χ3v) is 6.21. The number of nitrogens with zero attached hydrogens (tertiary/aromatic N) is 1. The zero-order valence-electron chi connectivity index (χ0n) is 14.7. The smallest absolute Gasteiger partial charge is 0.260 e. The Morgan fingerprint density at radius 3 is 2.80 bits per heavy atom. The molecule has 0 atom stereocenters. The summed E-state index contributed by atoms with van der Waals surface area (Å²) in [6.45, 7) is 6.77. The number of thiophene rings is 1. The second kappa shape index (κ2) is 8.06. The summed E-state index contributed by atoms with van der Waals surface area (Å²) in [4.78, 5) is 21.7. The molecule has 2 aromatic heterocycles. The van der Waals surface area contributed by atoms with Gasteiger partial charge in [0.1, 0.15) is 10.6 Å². The van der Waals surface area contributed by atoms with Crippen LogP contribution in [0.1, 0.15) is 28.8 Å². The van der Waals surface area contributed by atoms with Crippen LogP contribution >= 0.6 is 23.1 Å². The molecule has 0 aliphatic rings. The average Bonchev–Trinajstić information content (AvgIpc) is 2.87. The van der Waals surface area contributed by atoms with Crippen molar-refractivity contribution in [3.63, 3.8) is 0 Å². The van der Waals surface area contributed by atoms with Gasteiger partial charge in [-0.1, -0.05) is 30.0 Å². The molecule has 1 aromatic carbocycles. The summed E-state index contributed by atoms with van der Waals surface area (Å²) in [5, 5.41) is 1.44. The van der Waals surface area contributed by atoms with E-state index in [0.29, 0.717) is 11.8 Å². The predicted molar refractivity (Wildman–Crippen MR) is 106 cm³/mol. The number of thioether (sulfide) groups is 1. The van der Waals surface area contributed by atoms with Crippen LogP contribution in [0.5, 0.6) is 5.75 Å². The number of aromatic amines is 1. The average molecular weight is 375 g/mol. The number of aryl methyl sites for hydroxylation is 3. The SMILES string of the molecule is Cc1ccccc1OCCCCSc1nc2sc(C)c(C)c2c(=O)[nH]1. The molecule has 0 saturated heterocycles. The molecular formula is C19H22N2O2S2. The van der Waals surface area contributed by atoms with E-state index >= 15 is 0 Å². The van der Waals surface area contributed by atoms with E-state index in [1.54, 1.807) is 23.1 Å². The molecule has 0 fully saturated rings. The topological polar surface area (TPSA) is 55.0 Å². The van der Waals surface area contributed by atoms with Crippen LogP contribution in [0, 0.1) is 20.8 Å². The van der Waals surface area contributed by atoms with Crippen LogP contribution in [0.2, 0.25) is 0 Å². The Bertz CT molecular complexity index is 931. The molecule has 0 amide bonds. The molecule has 0 unspecified atom stereocenters. The first-order valence-electron chi connectivity index (χ1n) is 8.37. The van der Waals surface area contributed by atoms with Crippen molar-refractivity contribution in [1.82, 2.24) is 9.97 Å². The lowest BCUT2D eigenvalue weighted by Gasteiger charge is -2.08. The van der Waals surface area contributed by atoms with E-state index < -0.39 is 0 Å². The molecule has 25 heavy (non-hydrogen) atoms. The number of hydrogen-bond donors (Lipinski definition) is 1. The van der Waals surface area contributed by atoms with Gasteiger partial charge in [0.2, 0.25) is 0 Å². The van der Waals surface area contributed by atoms with Gasteiger partial charge >= 0.3 is 0 Å². The van der Waals surface area contributed by atoms with Gasteiger partial charge in [0.15, 0.2) is 5.16 Å². The molecule has 4 nitrogen and oxygen atoms in total. The fraction of sp³-hybridized carbons (Fsp3) is 0.368. The molecule has 3 aromatic rings. The van der Waals surface area contributed by atoms with Crippen molar-refractivity contribution in [1.29, 1.82) is 0 Å². The number of aromatic nitrogens is 2. The highest BCUT2D eigenvalue weighted by molar-refractivity contribution is 7.99. The van der Waals surface area contributed by atoms with E-state index in [2.05, 4.69) is 23.0 Å². The van der Waals surface area contributed by atoms with Crippen molar-refractivity contribution in [3.8, 4) is 5.75 Å². The molecular weight excluding hydrogens is 352 g/mol. The van der Waals surface area contributed by atoms with Crippen molar-refractivity contribution in [2.24, 2.45) is 0 Å². The number of H-pyrrole nitrogens is 1. The number of nitrogens with one attached hydrogen (secondary N) is 1. The summed E-state index contributed by atoms with van der Waals surface area (Å²) in [5.74, 6) is 1.87. The Balaban J connectivity index is 1.49. The number of unbranched alkanes of at least 4 members (excludes halogenated alkanes) is 1. The molecule has 0 aliphatic heterocycles. The first-order chi connectivity index (χ1) is 12.1. The van der Waals surface area contributed by atoms with Crippen LogP contribution in [0.15, 0.2) is 34.2 Å². The molecule has 2 heterocycles. The van der Waals surface area contributed by atoms with Gasteiger partial charge in [-0.2, -0.15) is 0 Å². The Morgan fingerprint density at radius 1 is 1.20 bits per heavy atom. The van der Waals surface area contributed by atoms with E-state index in [1.165, 1.54) is 0 Å². The highest BCUT2D eigenvalue weighted by Gasteiger charge is 2.11. The third kappa shape index (κ3) is 4.25. The zero-order valence-corrected chi connectivity index (χ0v) is 16.4. The Labute approximate surface area is 155 Å². The highest BCUT2D eigenvalue weighted by Crippen LogP contribution is 2.27. The molecule has 0 spiro atoms. The van der Waals surface area contributed by atoms with Gasteiger partial charge in [0.25, 0.3) is 5.56 Å².